The van der Waals surface area contributed by atoms with Crippen LogP contribution >= 0.6 is 23.2 Å². The molecule has 0 atom stereocenters. The van der Waals surface area contributed by atoms with E-state index in [0.29, 0.717) is 34.3 Å². The van der Waals surface area contributed by atoms with Gasteiger partial charge in [0, 0.05) is 41.9 Å². The second kappa shape index (κ2) is 8.41. The summed E-state index contributed by atoms with van der Waals surface area (Å²) in [6.07, 6.45) is 2.30. The fourth-order valence-corrected chi connectivity index (χ4v) is 4.98. The van der Waals surface area contributed by atoms with E-state index in [-0.39, 0.29) is 36.6 Å². The first-order valence-corrected chi connectivity index (χ1v) is 11.0. The normalized spacial score (nSPS) is 16.3. The Morgan fingerprint density at radius 3 is 2.54 bits per heavy atom. The molecule has 0 radical (unpaired) electrons. The quantitative estimate of drug-likeness (QED) is 0.659. The Bertz CT molecular complexity index is 963. The molecule has 2 aromatic rings. The molecule has 1 aromatic carbocycles. The third kappa shape index (κ3) is 4.51. The van der Waals surface area contributed by atoms with Crippen molar-refractivity contribution in [3.8, 4) is 0 Å². The number of aromatic nitrogens is 2. The Morgan fingerprint density at radius 2 is 1.96 bits per heavy atom. The maximum Gasteiger partial charge on any atom is 0.309 e. The molecule has 28 heavy (non-hydrogen) atoms. The average Bonchev–Trinajstić information content (AvgIpc) is 3.00. The van der Waals surface area contributed by atoms with E-state index in [4.69, 9.17) is 27.9 Å². The smallest absolute Gasteiger partial charge is 0.309 e. The van der Waals surface area contributed by atoms with Crippen molar-refractivity contribution in [3.05, 3.63) is 45.8 Å². The molecule has 0 spiro atoms. The van der Waals surface area contributed by atoms with Crippen LogP contribution in [0.25, 0.3) is 0 Å². The Balaban J connectivity index is 1.56. The number of hydrogen-bond acceptors (Lipinski definition) is 5. The van der Waals surface area contributed by atoms with Crippen LogP contribution in [0.5, 0.6) is 0 Å². The number of carbonyl (C=O) groups excluding carboxylic acids is 1. The van der Waals surface area contributed by atoms with Crippen LogP contribution in [-0.4, -0.2) is 41.3 Å². The highest BCUT2D eigenvalue weighted by Gasteiger charge is 2.34. The fourth-order valence-electron chi connectivity index (χ4n) is 3.02. The van der Waals surface area contributed by atoms with E-state index >= 15 is 0 Å². The molecule has 0 amide bonds. The van der Waals surface area contributed by atoms with Gasteiger partial charge in [-0.1, -0.05) is 29.3 Å². The SMILES string of the molecule is Cc1nc(S(=O)(=O)N2CCC(C(=O)OCc3ccc(Cl)cc3Cl)CC2)cn1C. The summed E-state index contributed by atoms with van der Waals surface area (Å²) in [5.41, 5.74) is 0.671. The summed E-state index contributed by atoms with van der Waals surface area (Å²) in [7, 11) is -1.91. The minimum absolute atomic E-state index is 0.0332. The molecule has 1 fully saturated rings. The molecule has 0 N–H and O–H groups in total. The van der Waals surface area contributed by atoms with Gasteiger partial charge in [0.2, 0.25) is 0 Å². The topological polar surface area (TPSA) is 81.5 Å². The minimum Gasteiger partial charge on any atom is -0.461 e. The van der Waals surface area contributed by atoms with Gasteiger partial charge in [-0.3, -0.25) is 4.79 Å². The highest BCUT2D eigenvalue weighted by molar-refractivity contribution is 7.89. The number of benzene rings is 1. The molecule has 1 aromatic heterocycles. The lowest BCUT2D eigenvalue weighted by molar-refractivity contribution is -0.151. The van der Waals surface area contributed by atoms with Gasteiger partial charge in [-0.05, 0) is 31.9 Å². The number of aryl methyl sites for hydroxylation is 2. The number of rotatable bonds is 5. The van der Waals surface area contributed by atoms with E-state index in [0.717, 1.165) is 0 Å². The minimum atomic E-state index is -3.66. The molecule has 3 rings (SSSR count). The number of piperidine rings is 1. The first kappa shape index (κ1) is 21.1. The number of esters is 1. The first-order chi connectivity index (χ1) is 13.2. The van der Waals surface area contributed by atoms with Gasteiger partial charge in [-0.2, -0.15) is 4.31 Å². The van der Waals surface area contributed by atoms with Crippen molar-refractivity contribution in [2.24, 2.45) is 13.0 Å². The molecule has 152 valence electrons. The van der Waals surface area contributed by atoms with Crippen molar-refractivity contribution < 1.29 is 17.9 Å². The Hall–Kier alpha value is -1.61. The van der Waals surface area contributed by atoms with Crippen LogP contribution in [0.15, 0.2) is 29.4 Å². The van der Waals surface area contributed by atoms with Crippen LogP contribution in [0.4, 0.5) is 0 Å². The van der Waals surface area contributed by atoms with Gasteiger partial charge in [-0.15, -0.1) is 0 Å². The zero-order valence-electron chi connectivity index (χ0n) is 15.6. The predicted molar refractivity (Wildman–Crippen MR) is 106 cm³/mol. The molecule has 2 heterocycles. The number of imidazole rings is 1. The van der Waals surface area contributed by atoms with Gasteiger partial charge in [0.25, 0.3) is 10.0 Å². The van der Waals surface area contributed by atoms with Gasteiger partial charge in [-0.25, -0.2) is 13.4 Å². The predicted octanol–water partition coefficient (Wildman–Crippen LogP) is 3.18. The zero-order valence-corrected chi connectivity index (χ0v) is 17.9. The largest absolute Gasteiger partial charge is 0.461 e. The van der Waals surface area contributed by atoms with Crippen molar-refractivity contribution in [3.63, 3.8) is 0 Å². The summed E-state index contributed by atoms with van der Waals surface area (Å²) in [5.74, 6) is -0.0716. The van der Waals surface area contributed by atoms with E-state index < -0.39 is 10.0 Å². The second-order valence-corrected chi connectivity index (χ2v) is 9.49. The summed E-state index contributed by atoms with van der Waals surface area (Å²) in [5, 5.41) is 0.981. The van der Waals surface area contributed by atoms with Gasteiger partial charge >= 0.3 is 5.97 Å². The second-order valence-electron chi connectivity index (χ2n) is 6.76. The average molecular weight is 446 g/mol. The molecule has 7 nitrogen and oxygen atoms in total. The van der Waals surface area contributed by atoms with E-state index in [9.17, 15) is 13.2 Å². The van der Waals surface area contributed by atoms with E-state index in [1.165, 1.54) is 10.5 Å². The first-order valence-electron chi connectivity index (χ1n) is 8.79. The molecule has 0 saturated carbocycles. The van der Waals surface area contributed by atoms with Gasteiger partial charge in [0.15, 0.2) is 5.03 Å². The Kier molecular flexibility index (Phi) is 6.34. The van der Waals surface area contributed by atoms with Crippen LogP contribution in [-0.2, 0) is 33.2 Å². The van der Waals surface area contributed by atoms with Crippen molar-refractivity contribution in [2.75, 3.05) is 13.1 Å². The number of carbonyl (C=O) groups is 1. The van der Waals surface area contributed by atoms with Gasteiger partial charge in [0.1, 0.15) is 12.4 Å². The van der Waals surface area contributed by atoms with Crippen molar-refractivity contribution in [1.82, 2.24) is 13.9 Å². The number of halogens is 2. The van der Waals surface area contributed by atoms with Crippen molar-refractivity contribution >= 4 is 39.2 Å². The standard InChI is InChI=1S/C18H21Cl2N3O4S/c1-12-21-17(10-22(12)2)28(25,26)23-7-5-13(6-8-23)18(24)27-11-14-3-4-15(19)9-16(14)20/h3-4,9-10,13H,5-8,11H2,1-2H3. The van der Waals surface area contributed by atoms with Crippen LogP contribution < -0.4 is 0 Å². The summed E-state index contributed by atoms with van der Waals surface area (Å²) >= 11 is 11.9. The highest BCUT2D eigenvalue weighted by atomic mass is 35.5. The molecule has 1 aliphatic rings. The molecule has 0 bridgehead atoms. The summed E-state index contributed by atoms with van der Waals surface area (Å²) in [4.78, 5) is 16.5. The van der Waals surface area contributed by atoms with Crippen LogP contribution in [0.2, 0.25) is 10.0 Å². The molecule has 0 unspecified atom stereocenters. The van der Waals surface area contributed by atoms with Crippen LogP contribution in [0, 0.1) is 12.8 Å². The molecule has 0 aliphatic carbocycles. The molecule has 1 aliphatic heterocycles. The third-order valence-corrected chi connectivity index (χ3v) is 7.22. The maximum atomic E-state index is 12.7. The lowest BCUT2D eigenvalue weighted by atomic mass is 9.98. The number of ether oxygens (including phenoxy) is 1. The number of sulfonamides is 1. The Labute approximate surface area is 174 Å². The highest BCUT2D eigenvalue weighted by Crippen LogP contribution is 2.26. The van der Waals surface area contributed by atoms with E-state index in [1.807, 2.05) is 0 Å². The molecule has 1 saturated heterocycles. The molecular weight excluding hydrogens is 425 g/mol. The lowest BCUT2D eigenvalue weighted by Gasteiger charge is -2.29. The van der Waals surface area contributed by atoms with E-state index in [2.05, 4.69) is 4.98 Å². The maximum absolute atomic E-state index is 12.7. The third-order valence-electron chi connectivity index (χ3n) is 4.86. The summed E-state index contributed by atoms with van der Waals surface area (Å²) < 4.78 is 33.8. The monoisotopic (exact) mass is 445 g/mol. The van der Waals surface area contributed by atoms with Gasteiger partial charge < -0.3 is 9.30 Å². The van der Waals surface area contributed by atoms with Crippen LogP contribution in [0.3, 0.4) is 0 Å². The molecular formula is C18H21Cl2N3O4S. The number of nitrogens with zero attached hydrogens (tertiary/aromatic N) is 3. The van der Waals surface area contributed by atoms with Crippen LogP contribution in [0.1, 0.15) is 24.2 Å². The lowest BCUT2D eigenvalue weighted by Crippen LogP contribution is -2.40. The summed E-state index contributed by atoms with van der Waals surface area (Å²) in [6, 6.07) is 4.98. The van der Waals surface area contributed by atoms with Crippen molar-refractivity contribution in [1.29, 1.82) is 0 Å². The summed E-state index contributed by atoms with van der Waals surface area (Å²) in [6.45, 7) is 2.30. The van der Waals surface area contributed by atoms with E-state index in [1.54, 1.807) is 36.7 Å². The van der Waals surface area contributed by atoms with Crippen molar-refractivity contribution in [2.45, 2.75) is 31.4 Å². The zero-order chi connectivity index (χ0) is 20.5. The van der Waals surface area contributed by atoms with Gasteiger partial charge in [0.05, 0.1) is 5.92 Å². The number of hydrogen-bond donors (Lipinski definition) is 0. The molecule has 10 heteroatoms. The fraction of sp³-hybridized carbons (Fsp3) is 0.444. The Morgan fingerprint density at radius 1 is 1.29 bits per heavy atom.